The molecule has 32 heavy (non-hydrogen) atoms. The van der Waals surface area contributed by atoms with E-state index < -0.39 is 5.60 Å². The average Bonchev–Trinajstić information content (AvgIpc) is 3.29. The third-order valence-corrected chi connectivity index (χ3v) is 6.44. The zero-order valence-electron chi connectivity index (χ0n) is 19.4. The molecule has 2 bridgehead atoms. The van der Waals surface area contributed by atoms with Gasteiger partial charge in [-0.15, -0.1) is 0 Å². The Morgan fingerprint density at radius 1 is 0.938 bits per heavy atom. The summed E-state index contributed by atoms with van der Waals surface area (Å²) in [5, 5.41) is 0. The highest BCUT2D eigenvalue weighted by atomic mass is 16.6. The molecule has 2 fully saturated rings. The van der Waals surface area contributed by atoms with E-state index in [1.807, 2.05) is 69.3 Å². The van der Waals surface area contributed by atoms with Crippen LogP contribution in [0, 0.1) is 5.41 Å². The van der Waals surface area contributed by atoms with Crippen molar-refractivity contribution in [3.05, 3.63) is 60.2 Å². The number of hydrogen-bond acceptors (Lipinski definition) is 5. The van der Waals surface area contributed by atoms with E-state index in [1.165, 1.54) is 0 Å². The van der Waals surface area contributed by atoms with Gasteiger partial charge in [0.15, 0.2) is 0 Å². The first-order chi connectivity index (χ1) is 15.3. The minimum absolute atomic E-state index is 0.0110. The monoisotopic (exact) mass is 438 g/mol. The van der Waals surface area contributed by atoms with Crippen LogP contribution in [-0.4, -0.2) is 30.4 Å². The molecule has 0 N–H and O–H groups in total. The standard InChI is InChI=1S/C27H34O5/c1-25(2,3)32-24(28)18-29-20-26-13-15-27(19-26,16-14-26)30-17-21-9-7-8-12-23(21)31-22-10-5-4-6-11-22/h4-12H,13-20H2,1-3H3. The molecule has 0 heterocycles. The van der Waals surface area contributed by atoms with Crippen molar-refractivity contribution in [1.29, 1.82) is 0 Å². The van der Waals surface area contributed by atoms with Gasteiger partial charge >= 0.3 is 5.97 Å². The van der Waals surface area contributed by atoms with Gasteiger partial charge in [0.05, 0.1) is 18.8 Å². The first-order valence-corrected chi connectivity index (χ1v) is 11.5. The maximum Gasteiger partial charge on any atom is 0.332 e. The molecule has 172 valence electrons. The molecular weight excluding hydrogens is 404 g/mol. The van der Waals surface area contributed by atoms with Crippen molar-refractivity contribution in [2.45, 2.75) is 70.7 Å². The number of benzene rings is 2. The SMILES string of the molecule is CC(C)(C)OC(=O)COCC12CCC(OCc3ccccc3Oc3ccccc3)(CC1)C2. The largest absolute Gasteiger partial charge is 0.458 e. The van der Waals surface area contributed by atoms with Gasteiger partial charge in [0.2, 0.25) is 0 Å². The normalized spacial score (nSPS) is 24.5. The molecule has 2 aliphatic rings. The van der Waals surface area contributed by atoms with Crippen molar-refractivity contribution in [3.8, 4) is 11.5 Å². The zero-order chi connectivity index (χ0) is 22.7. The summed E-state index contributed by atoms with van der Waals surface area (Å²) in [6, 6.07) is 17.9. The number of ether oxygens (including phenoxy) is 4. The van der Waals surface area contributed by atoms with Crippen molar-refractivity contribution < 1.29 is 23.7 Å². The summed E-state index contributed by atoms with van der Waals surface area (Å²) in [7, 11) is 0. The van der Waals surface area contributed by atoms with Crippen LogP contribution in [0.5, 0.6) is 11.5 Å². The summed E-state index contributed by atoms with van der Waals surface area (Å²) in [6.45, 7) is 6.73. The molecular formula is C27H34O5. The molecule has 0 spiro atoms. The van der Waals surface area contributed by atoms with Crippen LogP contribution in [0.25, 0.3) is 0 Å². The van der Waals surface area contributed by atoms with Gasteiger partial charge in [-0.3, -0.25) is 0 Å². The summed E-state index contributed by atoms with van der Waals surface area (Å²) in [4.78, 5) is 11.9. The number of esters is 1. The molecule has 2 aromatic rings. The zero-order valence-corrected chi connectivity index (χ0v) is 19.4. The molecule has 2 saturated carbocycles. The lowest BCUT2D eigenvalue weighted by Crippen LogP contribution is -2.29. The molecule has 0 aromatic heterocycles. The van der Waals surface area contributed by atoms with Gasteiger partial charge in [0.25, 0.3) is 0 Å². The van der Waals surface area contributed by atoms with Crippen LogP contribution in [0.2, 0.25) is 0 Å². The molecule has 0 unspecified atom stereocenters. The van der Waals surface area contributed by atoms with E-state index in [0.717, 1.165) is 49.2 Å². The predicted molar refractivity (Wildman–Crippen MR) is 123 cm³/mol. The van der Waals surface area contributed by atoms with Gasteiger partial charge < -0.3 is 18.9 Å². The molecule has 5 nitrogen and oxygen atoms in total. The second kappa shape index (κ2) is 9.24. The van der Waals surface area contributed by atoms with Crippen molar-refractivity contribution in [1.82, 2.24) is 0 Å². The van der Waals surface area contributed by atoms with E-state index in [-0.39, 0.29) is 23.6 Å². The van der Waals surface area contributed by atoms with Crippen LogP contribution >= 0.6 is 0 Å². The van der Waals surface area contributed by atoms with Crippen LogP contribution in [0.1, 0.15) is 58.4 Å². The number of rotatable bonds is 9. The Bertz CT molecular complexity index is 907. The van der Waals surface area contributed by atoms with E-state index in [2.05, 4.69) is 6.07 Å². The highest BCUT2D eigenvalue weighted by molar-refractivity contribution is 5.71. The second-order valence-corrected chi connectivity index (χ2v) is 10.3. The molecule has 5 heteroatoms. The van der Waals surface area contributed by atoms with E-state index >= 15 is 0 Å². The molecule has 4 rings (SSSR count). The molecule has 2 aromatic carbocycles. The van der Waals surface area contributed by atoms with E-state index in [0.29, 0.717) is 13.2 Å². The molecule has 0 atom stereocenters. The number of fused-ring (bicyclic) bond motifs is 2. The maximum absolute atomic E-state index is 11.9. The van der Waals surface area contributed by atoms with Crippen LogP contribution in [0.15, 0.2) is 54.6 Å². The van der Waals surface area contributed by atoms with Gasteiger partial charge in [-0.25, -0.2) is 4.79 Å². The summed E-state index contributed by atoms with van der Waals surface area (Å²) >= 11 is 0. The van der Waals surface area contributed by atoms with Crippen molar-refractivity contribution in [2.24, 2.45) is 5.41 Å². The fourth-order valence-corrected chi connectivity index (χ4v) is 4.95. The predicted octanol–water partition coefficient (Wildman–Crippen LogP) is 6.06. The summed E-state index contributed by atoms with van der Waals surface area (Å²) in [6.07, 6.45) is 5.19. The molecule has 0 amide bonds. The summed E-state index contributed by atoms with van der Waals surface area (Å²) in [5.74, 6) is 1.35. The number of para-hydroxylation sites is 2. The highest BCUT2D eigenvalue weighted by Crippen LogP contribution is 2.58. The fraction of sp³-hybridized carbons (Fsp3) is 0.519. The number of carbonyl (C=O) groups is 1. The molecule has 2 aliphatic carbocycles. The Labute approximate surface area is 191 Å². The third-order valence-electron chi connectivity index (χ3n) is 6.44. The van der Waals surface area contributed by atoms with Crippen molar-refractivity contribution in [3.63, 3.8) is 0 Å². The Hall–Kier alpha value is -2.37. The van der Waals surface area contributed by atoms with Gasteiger partial charge in [0, 0.05) is 5.56 Å². The molecule has 0 radical (unpaired) electrons. The van der Waals surface area contributed by atoms with Gasteiger partial charge in [-0.05, 0) is 76.5 Å². The van der Waals surface area contributed by atoms with E-state index in [1.54, 1.807) is 0 Å². The molecule has 0 aliphatic heterocycles. The van der Waals surface area contributed by atoms with Crippen molar-refractivity contribution in [2.75, 3.05) is 13.2 Å². The van der Waals surface area contributed by atoms with E-state index in [9.17, 15) is 4.79 Å². The van der Waals surface area contributed by atoms with Crippen LogP contribution < -0.4 is 4.74 Å². The van der Waals surface area contributed by atoms with Crippen LogP contribution in [0.3, 0.4) is 0 Å². The Morgan fingerprint density at radius 2 is 1.62 bits per heavy atom. The Kier molecular flexibility index (Phi) is 6.59. The first-order valence-electron chi connectivity index (χ1n) is 11.5. The minimum atomic E-state index is -0.483. The lowest BCUT2D eigenvalue weighted by molar-refractivity contribution is -0.161. The number of hydrogen-bond donors (Lipinski definition) is 0. The van der Waals surface area contributed by atoms with Crippen molar-refractivity contribution >= 4 is 5.97 Å². The second-order valence-electron chi connectivity index (χ2n) is 10.3. The number of carbonyl (C=O) groups excluding carboxylic acids is 1. The topological polar surface area (TPSA) is 54.0 Å². The highest BCUT2D eigenvalue weighted by Gasteiger charge is 2.55. The fourth-order valence-electron chi connectivity index (χ4n) is 4.95. The Balaban J connectivity index is 1.30. The quantitative estimate of drug-likeness (QED) is 0.446. The van der Waals surface area contributed by atoms with Gasteiger partial charge in [-0.1, -0.05) is 36.4 Å². The Morgan fingerprint density at radius 3 is 2.34 bits per heavy atom. The van der Waals surface area contributed by atoms with Gasteiger partial charge in [0.1, 0.15) is 23.7 Å². The average molecular weight is 439 g/mol. The third kappa shape index (κ3) is 5.70. The first kappa shape index (κ1) is 22.8. The maximum atomic E-state index is 11.9. The van der Waals surface area contributed by atoms with Crippen LogP contribution in [-0.2, 0) is 25.6 Å². The molecule has 0 saturated heterocycles. The summed E-state index contributed by atoms with van der Waals surface area (Å²) in [5.41, 5.74) is 0.580. The van der Waals surface area contributed by atoms with E-state index in [4.69, 9.17) is 18.9 Å². The lowest BCUT2D eigenvalue weighted by Gasteiger charge is -2.28. The summed E-state index contributed by atoms with van der Waals surface area (Å²) < 4.78 is 23.8. The van der Waals surface area contributed by atoms with Crippen LogP contribution in [0.4, 0.5) is 0 Å². The minimum Gasteiger partial charge on any atom is -0.458 e. The van der Waals surface area contributed by atoms with Gasteiger partial charge in [-0.2, -0.15) is 0 Å². The smallest absolute Gasteiger partial charge is 0.332 e. The lowest BCUT2D eigenvalue weighted by atomic mass is 9.85.